The van der Waals surface area contributed by atoms with Crippen LogP contribution in [0.25, 0.3) is 5.65 Å². The van der Waals surface area contributed by atoms with Crippen molar-refractivity contribution in [2.45, 2.75) is 5.75 Å². The summed E-state index contributed by atoms with van der Waals surface area (Å²) in [4.78, 5) is 7.84. The Balaban J connectivity index is 2.54. The van der Waals surface area contributed by atoms with Crippen molar-refractivity contribution in [1.82, 2.24) is 14.4 Å². The molecule has 0 aliphatic rings. The maximum absolute atomic E-state index is 10.9. The zero-order valence-electron chi connectivity index (χ0n) is 6.96. The molecule has 2 aromatic heterocycles. The van der Waals surface area contributed by atoms with Crippen molar-refractivity contribution in [2.75, 3.05) is 0 Å². The van der Waals surface area contributed by atoms with Crippen LogP contribution in [-0.4, -0.2) is 22.8 Å². The molecule has 0 aromatic carbocycles. The van der Waals surface area contributed by atoms with Crippen LogP contribution in [-0.2, 0) is 14.8 Å². The number of aromatic nitrogens is 3. The van der Waals surface area contributed by atoms with Crippen LogP contribution in [0.15, 0.2) is 24.8 Å². The molecular weight excluding hydrogens is 226 g/mol. The lowest BCUT2D eigenvalue weighted by atomic mass is 10.5. The normalized spacial score (nSPS) is 12.1. The highest BCUT2D eigenvalue weighted by molar-refractivity contribution is 8.13. The summed E-state index contributed by atoms with van der Waals surface area (Å²) < 4.78 is 23.3. The van der Waals surface area contributed by atoms with Crippen molar-refractivity contribution in [3.8, 4) is 0 Å². The van der Waals surface area contributed by atoms with Gasteiger partial charge in [-0.3, -0.25) is 4.98 Å². The van der Waals surface area contributed by atoms with Crippen molar-refractivity contribution in [1.29, 1.82) is 0 Å². The zero-order chi connectivity index (χ0) is 10.2. The molecule has 0 saturated carbocycles. The van der Waals surface area contributed by atoms with Gasteiger partial charge in [-0.05, 0) is 0 Å². The van der Waals surface area contributed by atoms with E-state index in [-0.39, 0.29) is 5.75 Å². The first-order valence-corrected chi connectivity index (χ1v) is 6.22. The summed E-state index contributed by atoms with van der Waals surface area (Å²) in [6.07, 6.45) is 6.21. The van der Waals surface area contributed by atoms with Gasteiger partial charge >= 0.3 is 0 Å². The molecule has 0 unspecified atom stereocenters. The lowest BCUT2D eigenvalue weighted by Gasteiger charge is -1.97. The van der Waals surface area contributed by atoms with Gasteiger partial charge in [0.1, 0.15) is 5.75 Å². The second-order valence-corrected chi connectivity index (χ2v) is 5.51. The molecule has 0 atom stereocenters. The third-order valence-electron chi connectivity index (χ3n) is 1.71. The Morgan fingerprint density at radius 2 is 2.21 bits per heavy atom. The minimum absolute atomic E-state index is 0.236. The Labute approximate surface area is 84.8 Å². The predicted molar refractivity (Wildman–Crippen MR) is 51.5 cm³/mol. The summed E-state index contributed by atoms with van der Waals surface area (Å²) in [6.45, 7) is 0. The number of hydrogen-bond acceptors (Lipinski definition) is 4. The summed E-state index contributed by atoms with van der Waals surface area (Å²) >= 11 is 0. The molecule has 7 heteroatoms. The summed E-state index contributed by atoms with van der Waals surface area (Å²) in [5.74, 6) is -0.236. The molecule has 2 rings (SSSR count). The molecule has 0 N–H and O–H groups in total. The van der Waals surface area contributed by atoms with Gasteiger partial charge in [0.2, 0.25) is 9.05 Å². The first kappa shape index (κ1) is 9.42. The van der Waals surface area contributed by atoms with Crippen LogP contribution >= 0.6 is 10.7 Å². The van der Waals surface area contributed by atoms with E-state index >= 15 is 0 Å². The Morgan fingerprint density at radius 1 is 1.43 bits per heavy atom. The minimum atomic E-state index is -3.55. The summed E-state index contributed by atoms with van der Waals surface area (Å²) in [7, 11) is 1.59. The Hall–Kier alpha value is -1.14. The van der Waals surface area contributed by atoms with Gasteiger partial charge in [-0.15, -0.1) is 0 Å². The van der Waals surface area contributed by atoms with Gasteiger partial charge in [-0.2, -0.15) is 0 Å². The van der Waals surface area contributed by atoms with Crippen LogP contribution in [0.2, 0.25) is 0 Å². The maximum Gasteiger partial charge on any atom is 0.238 e. The smallest absolute Gasteiger partial charge is 0.238 e. The average Bonchev–Trinajstić information content (AvgIpc) is 2.47. The molecule has 0 amide bonds. The molecule has 74 valence electrons. The summed E-state index contributed by atoms with van der Waals surface area (Å²) in [5, 5.41) is 0. The highest BCUT2D eigenvalue weighted by Crippen LogP contribution is 2.11. The largest absolute Gasteiger partial charge is 0.300 e. The first-order chi connectivity index (χ1) is 6.56. The first-order valence-electron chi connectivity index (χ1n) is 3.74. The topological polar surface area (TPSA) is 64.3 Å². The maximum atomic E-state index is 10.9. The number of imidazole rings is 1. The van der Waals surface area contributed by atoms with Crippen LogP contribution in [0, 0.1) is 0 Å². The van der Waals surface area contributed by atoms with E-state index in [0.717, 1.165) is 0 Å². The van der Waals surface area contributed by atoms with E-state index in [1.165, 1.54) is 6.20 Å². The van der Waals surface area contributed by atoms with Crippen molar-refractivity contribution in [2.24, 2.45) is 0 Å². The highest BCUT2D eigenvalue weighted by Gasteiger charge is 2.11. The van der Waals surface area contributed by atoms with E-state index in [4.69, 9.17) is 10.7 Å². The van der Waals surface area contributed by atoms with Crippen LogP contribution in [0.1, 0.15) is 5.69 Å². The van der Waals surface area contributed by atoms with Gasteiger partial charge in [-0.25, -0.2) is 13.4 Å². The van der Waals surface area contributed by atoms with Crippen molar-refractivity contribution in [3.63, 3.8) is 0 Å². The number of rotatable bonds is 2. The number of halogens is 1. The fourth-order valence-electron chi connectivity index (χ4n) is 1.18. The molecule has 0 aliphatic carbocycles. The molecule has 0 radical (unpaired) electrons. The van der Waals surface area contributed by atoms with Crippen LogP contribution in [0.5, 0.6) is 0 Å². The van der Waals surface area contributed by atoms with E-state index in [1.54, 1.807) is 23.0 Å². The molecule has 0 saturated heterocycles. The quantitative estimate of drug-likeness (QED) is 0.717. The second kappa shape index (κ2) is 3.21. The van der Waals surface area contributed by atoms with Crippen molar-refractivity contribution < 1.29 is 8.42 Å². The average molecular weight is 232 g/mol. The fourth-order valence-corrected chi connectivity index (χ4v) is 2.08. The van der Waals surface area contributed by atoms with Gasteiger partial charge in [0.25, 0.3) is 0 Å². The molecule has 0 fully saturated rings. The monoisotopic (exact) mass is 231 g/mol. The van der Waals surface area contributed by atoms with Crippen LogP contribution in [0.4, 0.5) is 0 Å². The molecule has 14 heavy (non-hydrogen) atoms. The molecule has 5 nitrogen and oxygen atoms in total. The van der Waals surface area contributed by atoms with Gasteiger partial charge in [0.05, 0.1) is 18.1 Å². The minimum Gasteiger partial charge on any atom is -0.300 e. The summed E-state index contributed by atoms with van der Waals surface area (Å²) in [5.41, 5.74) is 1.13. The third kappa shape index (κ3) is 1.85. The zero-order valence-corrected chi connectivity index (χ0v) is 8.53. The van der Waals surface area contributed by atoms with Crippen molar-refractivity contribution >= 4 is 25.4 Å². The Kier molecular flexibility index (Phi) is 2.16. The SMILES string of the molecule is O=S(=O)(Cl)Cc1cnc2cnccn12. The van der Waals surface area contributed by atoms with E-state index in [9.17, 15) is 8.42 Å². The third-order valence-corrected chi connectivity index (χ3v) is 2.68. The van der Waals surface area contributed by atoms with Crippen LogP contribution < -0.4 is 0 Å². The van der Waals surface area contributed by atoms with Gasteiger partial charge in [0.15, 0.2) is 5.65 Å². The molecule has 2 aromatic rings. The van der Waals surface area contributed by atoms with Crippen molar-refractivity contribution in [3.05, 3.63) is 30.5 Å². The molecule has 0 bridgehead atoms. The number of nitrogens with zero attached hydrogens (tertiary/aromatic N) is 3. The van der Waals surface area contributed by atoms with Crippen LogP contribution in [0.3, 0.4) is 0 Å². The Bertz CT molecular complexity index is 563. The lowest BCUT2D eigenvalue weighted by molar-refractivity contribution is 0.608. The molecule has 0 aliphatic heterocycles. The van der Waals surface area contributed by atoms with E-state index < -0.39 is 9.05 Å². The predicted octanol–water partition coefficient (Wildman–Crippen LogP) is 0.798. The molecule has 0 spiro atoms. The van der Waals surface area contributed by atoms with Gasteiger partial charge < -0.3 is 4.40 Å². The van der Waals surface area contributed by atoms with Gasteiger partial charge in [0, 0.05) is 23.1 Å². The van der Waals surface area contributed by atoms with E-state index in [2.05, 4.69) is 9.97 Å². The Morgan fingerprint density at radius 3 is 2.93 bits per heavy atom. The molecule has 2 heterocycles. The second-order valence-electron chi connectivity index (χ2n) is 2.74. The van der Waals surface area contributed by atoms with Gasteiger partial charge in [-0.1, -0.05) is 0 Å². The number of fused-ring (bicyclic) bond motifs is 1. The fraction of sp³-hybridized carbons (Fsp3) is 0.143. The van der Waals surface area contributed by atoms with E-state index in [0.29, 0.717) is 11.3 Å². The molecular formula is C7H6ClN3O2S. The number of hydrogen-bond donors (Lipinski definition) is 0. The summed E-state index contributed by atoms with van der Waals surface area (Å²) in [6, 6.07) is 0. The standard InChI is InChI=1S/C7H6ClN3O2S/c8-14(12,13)5-6-3-10-7-4-9-1-2-11(6)7/h1-4H,5H2. The highest BCUT2D eigenvalue weighted by atomic mass is 35.7. The van der Waals surface area contributed by atoms with E-state index in [1.807, 2.05) is 0 Å². The lowest BCUT2D eigenvalue weighted by Crippen LogP contribution is -1.99.